The molecule has 19 heavy (non-hydrogen) atoms. The van der Waals surface area contributed by atoms with Crippen molar-refractivity contribution in [2.75, 3.05) is 39.5 Å². The Labute approximate surface area is 115 Å². The van der Waals surface area contributed by atoms with E-state index in [0.717, 1.165) is 6.54 Å². The van der Waals surface area contributed by atoms with Gasteiger partial charge < -0.3 is 10.2 Å². The maximum atomic E-state index is 11.5. The first-order chi connectivity index (χ1) is 8.74. The summed E-state index contributed by atoms with van der Waals surface area (Å²) >= 11 is 0. The molecule has 0 aromatic heterocycles. The van der Waals surface area contributed by atoms with Gasteiger partial charge >= 0.3 is 0 Å². The zero-order chi connectivity index (χ0) is 14.9. The van der Waals surface area contributed by atoms with Crippen molar-refractivity contribution >= 4 is 16.0 Å². The molecule has 0 spiro atoms. The second-order valence-electron chi connectivity index (χ2n) is 4.63. The Morgan fingerprint density at radius 2 is 1.95 bits per heavy atom. The third-order valence-corrected chi connectivity index (χ3v) is 3.57. The molecule has 0 aromatic rings. The number of amides is 1. The van der Waals surface area contributed by atoms with Crippen molar-refractivity contribution in [1.29, 1.82) is 0 Å². The zero-order valence-electron chi connectivity index (χ0n) is 11.9. The maximum absolute atomic E-state index is 11.5. The first-order valence-corrected chi connectivity index (χ1v) is 7.78. The molecule has 0 radical (unpaired) electrons. The molecule has 0 saturated heterocycles. The topological polar surface area (TPSA) is 75.7 Å². The van der Waals surface area contributed by atoms with Crippen molar-refractivity contribution in [2.45, 2.75) is 19.8 Å². The van der Waals surface area contributed by atoms with E-state index in [-0.39, 0.29) is 18.3 Å². The molecule has 0 bridgehead atoms. The molecule has 0 rings (SSSR count). The van der Waals surface area contributed by atoms with Crippen LogP contribution < -0.4 is 5.32 Å². The predicted molar refractivity (Wildman–Crippen MR) is 75.4 cm³/mol. The summed E-state index contributed by atoms with van der Waals surface area (Å²) in [6.07, 6.45) is 0.994. The van der Waals surface area contributed by atoms with Crippen LogP contribution in [0.4, 0.5) is 0 Å². The van der Waals surface area contributed by atoms with Crippen LogP contribution in [0.25, 0.3) is 0 Å². The minimum absolute atomic E-state index is 0.0918. The maximum Gasteiger partial charge on any atom is 0.267 e. The van der Waals surface area contributed by atoms with Crippen molar-refractivity contribution in [3.8, 4) is 0 Å². The molecule has 0 aromatic carbocycles. The lowest BCUT2D eigenvalue weighted by Crippen LogP contribution is -2.26. The molecule has 0 saturated carbocycles. The lowest BCUT2D eigenvalue weighted by atomic mass is 10.3. The number of hydrogen-bond acceptors (Lipinski definition) is 5. The third-order valence-electron chi connectivity index (χ3n) is 2.26. The zero-order valence-corrected chi connectivity index (χ0v) is 12.8. The average Bonchev–Trinajstić information content (AvgIpc) is 2.29. The lowest BCUT2D eigenvalue weighted by molar-refractivity contribution is -0.117. The Bertz CT molecular complexity index is 391. The average molecular weight is 292 g/mol. The van der Waals surface area contributed by atoms with E-state index < -0.39 is 10.1 Å². The monoisotopic (exact) mass is 292 g/mol. The van der Waals surface area contributed by atoms with E-state index in [2.05, 4.69) is 11.9 Å². The fourth-order valence-electron chi connectivity index (χ4n) is 1.23. The summed E-state index contributed by atoms with van der Waals surface area (Å²) in [5.41, 5.74) is 0.405. The first-order valence-electron chi connectivity index (χ1n) is 6.20. The van der Waals surface area contributed by atoms with E-state index in [4.69, 9.17) is 4.18 Å². The van der Waals surface area contributed by atoms with Gasteiger partial charge in [0.2, 0.25) is 5.91 Å². The molecular weight excluding hydrogens is 268 g/mol. The number of carbonyl (C=O) groups is 1. The van der Waals surface area contributed by atoms with Gasteiger partial charge in [0.15, 0.2) is 0 Å². The van der Waals surface area contributed by atoms with Crippen LogP contribution >= 0.6 is 0 Å². The van der Waals surface area contributed by atoms with Gasteiger partial charge in [-0.1, -0.05) is 6.58 Å². The Morgan fingerprint density at radius 1 is 1.32 bits per heavy atom. The van der Waals surface area contributed by atoms with Crippen molar-refractivity contribution in [3.05, 3.63) is 12.2 Å². The van der Waals surface area contributed by atoms with Crippen molar-refractivity contribution in [3.63, 3.8) is 0 Å². The Balaban J connectivity index is 3.74. The lowest BCUT2D eigenvalue weighted by Gasteiger charge is -2.09. The highest BCUT2D eigenvalue weighted by Gasteiger charge is 2.11. The molecule has 7 heteroatoms. The van der Waals surface area contributed by atoms with Crippen LogP contribution in [-0.2, 0) is 19.1 Å². The Kier molecular flexibility index (Phi) is 8.62. The smallest absolute Gasteiger partial charge is 0.267 e. The number of rotatable bonds is 10. The number of hydrogen-bond donors (Lipinski definition) is 1. The molecule has 0 aliphatic rings. The molecular formula is C12H24N2O4S. The van der Waals surface area contributed by atoms with Gasteiger partial charge in [0.25, 0.3) is 10.1 Å². The highest BCUT2D eigenvalue weighted by Crippen LogP contribution is 1.98. The van der Waals surface area contributed by atoms with E-state index in [9.17, 15) is 13.2 Å². The van der Waals surface area contributed by atoms with Crippen molar-refractivity contribution in [1.82, 2.24) is 10.2 Å². The Hall–Kier alpha value is -0.920. The summed E-state index contributed by atoms with van der Waals surface area (Å²) in [5.74, 6) is -0.352. The van der Waals surface area contributed by atoms with Crippen LogP contribution in [0.5, 0.6) is 0 Å². The highest BCUT2D eigenvalue weighted by atomic mass is 32.2. The van der Waals surface area contributed by atoms with Gasteiger partial charge in [-0.25, -0.2) is 0 Å². The molecule has 0 unspecified atom stereocenters. The number of nitrogens with zero attached hydrogens (tertiary/aromatic N) is 1. The summed E-state index contributed by atoms with van der Waals surface area (Å²) in [5, 5.41) is 2.57. The fraction of sp³-hybridized carbons (Fsp3) is 0.750. The summed E-state index contributed by atoms with van der Waals surface area (Å²) < 4.78 is 27.8. The minimum atomic E-state index is -3.49. The van der Waals surface area contributed by atoms with Crippen LogP contribution in [0.2, 0.25) is 0 Å². The standard InChI is InChI=1S/C12H24N2O4S/c1-11(2)12(15)13-7-5-10-19(16,17)18-9-6-8-14(3)4/h1,5-10H2,2-4H3,(H,13,15). The normalized spacial score (nSPS) is 11.6. The molecule has 112 valence electrons. The van der Waals surface area contributed by atoms with Gasteiger partial charge in [0.1, 0.15) is 0 Å². The molecule has 0 fully saturated rings. The summed E-state index contributed by atoms with van der Waals surface area (Å²) in [4.78, 5) is 13.1. The summed E-state index contributed by atoms with van der Waals surface area (Å²) in [6, 6.07) is 0. The third kappa shape index (κ3) is 10.7. The van der Waals surface area contributed by atoms with E-state index in [0.29, 0.717) is 25.0 Å². The van der Waals surface area contributed by atoms with E-state index in [1.165, 1.54) is 0 Å². The second-order valence-corrected chi connectivity index (χ2v) is 6.39. The van der Waals surface area contributed by atoms with Crippen LogP contribution in [-0.4, -0.2) is 58.8 Å². The van der Waals surface area contributed by atoms with Gasteiger partial charge in [-0.2, -0.15) is 8.42 Å². The minimum Gasteiger partial charge on any atom is -0.352 e. The van der Waals surface area contributed by atoms with Crippen molar-refractivity contribution < 1.29 is 17.4 Å². The first kappa shape index (κ1) is 18.1. The molecule has 1 amide bonds. The van der Waals surface area contributed by atoms with Crippen molar-refractivity contribution in [2.24, 2.45) is 0 Å². The summed E-state index contributed by atoms with van der Waals surface area (Å²) in [7, 11) is 0.341. The molecule has 0 atom stereocenters. The highest BCUT2D eigenvalue weighted by molar-refractivity contribution is 7.86. The number of carbonyl (C=O) groups excluding carboxylic acids is 1. The van der Waals surface area contributed by atoms with E-state index >= 15 is 0 Å². The fourth-order valence-corrected chi connectivity index (χ4v) is 2.21. The van der Waals surface area contributed by atoms with Crippen LogP contribution in [0.15, 0.2) is 12.2 Å². The molecule has 1 N–H and O–H groups in total. The van der Waals surface area contributed by atoms with Crippen LogP contribution in [0.3, 0.4) is 0 Å². The van der Waals surface area contributed by atoms with Gasteiger partial charge in [0, 0.05) is 12.1 Å². The molecule has 0 heterocycles. The number of nitrogens with one attached hydrogen (secondary N) is 1. The Morgan fingerprint density at radius 3 is 2.47 bits per heavy atom. The molecule has 0 aliphatic carbocycles. The SMILES string of the molecule is C=C(C)C(=O)NCCCS(=O)(=O)OCCCN(C)C. The van der Waals surface area contributed by atoms with Gasteiger partial charge in [-0.05, 0) is 40.4 Å². The molecule has 0 aliphatic heterocycles. The molecule has 6 nitrogen and oxygen atoms in total. The quantitative estimate of drug-likeness (QED) is 0.357. The van der Waals surface area contributed by atoms with Gasteiger partial charge in [0.05, 0.1) is 12.4 Å². The largest absolute Gasteiger partial charge is 0.352 e. The van der Waals surface area contributed by atoms with Gasteiger partial charge in [-0.15, -0.1) is 0 Å². The van der Waals surface area contributed by atoms with E-state index in [1.54, 1.807) is 6.92 Å². The van der Waals surface area contributed by atoms with E-state index in [1.807, 2.05) is 19.0 Å². The van der Waals surface area contributed by atoms with Crippen LogP contribution in [0.1, 0.15) is 19.8 Å². The predicted octanol–water partition coefficient (Wildman–Crippen LogP) is 0.367. The van der Waals surface area contributed by atoms with Gasteiger partial charge in [-0.3, -0.25) is 8.98 Å². The summed E-state index contributed by atoms with van der Waals surface area (Å²) in [6.45, 7) is 6.36. The second kappa shape index (κ2) is 9.06. The van der Waals surface area contributed by atoms with Crippen LogP contribution in [0, 0.1) is 0 Å².